The van der Waals surface area contributed by atoms with Crippen LogP contribution in [0, 0.1) is 0 Å². The van der Waals surface area contributed by atoms with E-state index >= 15 is 0 Å². The zero-order chi connectivity index (χ0) is 11.1. The number of phenolic OH excluding ortho intramolecular Hbond substituents is 1. The van der Waals surface area contributed by atoms with E-state index in [2.05, 4.69) is 9.97 Å². The van der Waals surface area contributed by atoms with Crippen LogP contribution in [-0.4, -0.2) is 22.1 Å². The quantitative estimate of drug-likeness (QED) is 0.754. The molecule has 0 bridgehead atoms. The second kappa shape index (κ2) is 3.38. The molecule has 0 fully saturated rings. The van der Waals surface area contributed by atoms with Crippen LogP contribution >= 0.6 is 11.8 Å². The Morgan fingerprint density at radius 2 is 2.06 bits per heavy atom. The van der Waals surface area contributed by atoms with E-state index in [0.717, 1.165) is 21.4 Å². The van der Waals surface area contributed by atoms with Crippen LogP contribution in [-0.2, 0) is 0 Å². The van der Waals surface area contributed by atoms with Crippen molar-refractivity contribution in [3.63, 3.8) is 0 Å². The Balaban J connectivity index is 2.18. The van der Waals surface area contributed by atoms with E-state index in [4.69, 9.17) is 0 Å². The monoisotopic (exact) mass is 231 g/mol. The van der Waals surface area contributed by atoms with Crippen molar-refractivity contribution in [1.29, 1.82) is 0 Å². The number of nitrogens with zero attached hydrogens (tertiary/aromatic N) is 3. The molecular weight excluding hydrogens is 222 g/mol. The third kappa shape index (κ3) is 1.32. The van der Waals surface area contributed by atoms with Crippen molar-refractivity contribution in [3.8, 4) is 5.75 Å². The number of fused-ring (bicyclic) bond motifs is 2. The molecule has 2 heterocycles. The number of aromatic nitrogens is 2. The molecule has 1 aliphatic heterocycles. The third-order valence-corrected chi connectivity index (χ3v) is 3.50. The van der Waals surface area contributed by atoms with E-state index in [-0.39, 0.29) is 5.75 Å². The van der Waals surface area contributed by atoms with Crippen molar-refractivity contribution < 1.29 is 5.11 Å². The number of hydrogen-bond acceptors (Lipinski definition) is 5. The number of rotatable bonds is 0. The van der Waals surface area contributed by atoms with Crippen LogP contribution in [0.1, 0.15) is 0 Å². The first kappa shape index (κ1) is 9.47. The average Bonchev–Trinajstić information content (AvgIpc) is 2.29. The van der Waals surface area contributed by atoms with Crippen molar-refractivity contribution in [1.82, 2.24) is 9.97 Å². The lowest BCUT2D eigenvalue weighted by atomic mass is 10.2. The topological polar surface area (TPSA) is 49.2 Å². The smallest absolute Gasteiger partial charge is 0.165 e. The number of benzene rings is 1. The summed E-state index contributed by atoms with van der Waals surface area (Å²) in [6.45, 7) is 0. The number of anilines is 2. The SMILES string of the molecule is CN1c2ccc(O)cc2Sc2nccnc21. The summed E-state index contributed by atoms with van der Waals surface area (Å²) in [5.74, 6) is 1.12. The molecule has 0 aliphatic carbocycles. The zero-order valence-electron chi connectivity index (χ0n) is 8.58. The Hall–Kier alpha value is -1.75. The molecule has 0 spiro atoms. The third-order valence-electron chi connectivity index (χ3n) is 2.48. The Labute approximate surface area is 97.0 Å². The minimum absolute atomic E-state index is 0.270. The number of aromatic hydroxyl groups is 1. The average molecular weight is 231 g/mol. The van der Waals surface area contributed by atoms with Gasteiger partial charge in [-0.15, -0.1) is 0 Å². The van der Waals surface area contributed by atoms with Crippen LogP contribution < -0.4 is 4.90 Å². The highest BCUT2D eigenvalue weighted by molar-refractivity contribution is 7.99. The molecule has 0 amide bonds. The van der Waals surface area contributed by atoms with Gasteiger partial charge in [-0.05, 0) is 18.2 Å². The largest absolute Gasteiger partial charge is 0.508 e. The van der Waals surface area contributed by atoms with Crippen molar-refractivity contribution >= 4 is 23.3 Å². The first-order chi connectivity index (χ1) is 7.75. The molecule has 0 atom stereocenters. The molecule has 3 rings (SSSR count). The van der Waals surface area contributed by atoms with E-state index in [1.54, 1.807) is 24.5 Å². The molecule has 16 heavy (non-hydrogen) atoms. The maximum absolute atomic E-state index is 9.45. The van der Waals surface area contributed by atoms with E-state index in [1.165, 1.54) is 11.8 Å². The van der Waals surface area contributed by atoms with Gasteiger partial charge in [0.25, 0.3) is 0 Å². The van der Waals surface area contributed by atoms with Crippen LogP contribution in [0.3, 0.4) is 0 Å². The Morgan fingerprint density at radius 3 is 2.94 bits per heavy atom. The molecule has 1 aromatic carbocycles. The lowest BCUT2D eigenvalue weighted by Gasteiger charge is -2.27. The fourth-order valence-corrected chi connectivity index (χ4v) is 2.79. The van der Waals surface area contributed by atoms with Gasteiger partial charge in [-0.3, -0.25) is 0 Å². The molecule has 0 saturated carbocycles. The van der Waals surface area contributed by atoms with Gasteiger partial charge in [-0.25, -0.2) is 9.97 Å². The number of hydrogen-bond donors (Lipinski definition) is 1. The summed E-state index contributed by atoms with van der Waals surface area (Å²) < 4.78 is 0. The standard InChI is InChI=1S/C11H9N3OS/c1-14-8-3-2-7(15)6-9(8)16-11-10(14)12-4-5-13-11/h2-6,15H,1H3. The molecule has 2 aromatic rings. The summed E-state index contributed by atoms with van der Waals surface area (Å²) in [4.78, 5) is 11.6. The molecule has 4 nitrogen and oxygen atoms in total. The first-order valence-electron chi connectivity index (χ1n) is 4.81. The van der Waals surface area contributed by atoms with Gasteiger partial charge in [-0.2, -0.15) is 0 Å². The zero-order valence-corrected chi connectivity index (χ0v) is 9.40. The minimum Gasteiger partial charge on any atom is -0.508 e. The van der Waals surface area contributed by atoms with Crippen LogP contribution in [0.2, 0.25) is 0 Å². The van der Waals surface area contributed by atoms with E-state index in [0.29, 0.717) is 0 Å². The lowest BCUT2D eigenvalue weighted by molar-refractivity contribution is 0.474. The fourth-order valence-electron chi connectivity index (χ4n) is 1.70. The van der Waals surface area contributed by atoms with Crippen LogP contribution in [0.15, 0.2) is 40.5 Å². The minimum atomic E-state index is 0.270. The van der Waals surface area contributed by atoms with Gasteiger partial charge in [0.15, 0.2) is 5.82 Å². The van der Waals surface area contributed by atoms with Crippen LogP contribution in [0.4, 0.5) is 11.5 Å². The summed E-state index contributed by atoms with van der Waals surface area (Å²) in [6.07, 6.45) is 3.36. The molecule has 0 radical (unpaired) electrons. The van der Waals surface area contributed by atoms with Crippen LogP contribution in [0.25, 0.3) is 0 Å². The summed E-state index contributed by atoms with van der Waals surface area (Å²) in [5, 5.41) is 10.3. The van der Waals surface area contributed by atoms with Crippen molar-refractivity contribution in [3.05, 3.63) is 30.6 Å². The van der Waals surface area contributed by atoms with Gasteiger partial charge in [-0.1, -0.05) is 11.8 Å². The van der Waals surface area contributed by atoms with Crippen LogP contribution in [0.5, 0.6) is 5.75 Å². The second-order valence-corrected chi connectivity index (χ2v) is 4.53. The molecule has 5 heteroatoms. The predicted octanol–water partition coefficient (Wildman–Crippen LogP) is 2.41. The second-order valence-electron chi connectivity index (χ2n) is 3.50. The highest BCUT2D eigenvalue weighted by Gasteiger charge is 2.22. The fraction of sp³-hybridized carbons (Fsp3) is 0.0909. The van der Waals surface area contributed by atoms with E-state index in [9.17, 15) is 5.11 Å². The van der Waals surface area contributed by atoms with Gasteiger partial charge in [0, 0.05) is 24.3 Å². The molecule has 1 aromatic heterocycles. The van der Waals surface area contributed by atoms with E-state index in [1.807, 2.05) is 18.0 Å². The van der Waals surface area contributed by atoms with Crippen molar-refractivity contribution in [2.24, 2.45) is 0 Å². The molecule has 1 aliphatic rings. The van der Waals surface area contributed by atoms with E-state index < -0.39 is 0 Å². The summed E-state index contributed by atoms with van der Waals surface area (Å²) in [7, 11) is 1.95. The molecule has 1 N–H and O–H groups in total. The normalized spacial score (nSPS) is 13.2. The number of phenols is 1. The maximum Gasteiger partial charge on any atom is 0.165 e. The summed E-state index contributed by atoms with van der Waals surface area (Å²) in [6, 6.07) is 5.31. The molecule has 0 unspecified atom stereocenters. The van der Waals surface area contributed by atoms with Crippen molar-refractivity contribution in [2.45, 2.75) is 9.92 Å². The predicted molar refractivity (Wildman–Crippen MR) is 62.3 cm³/mol. The van der Waals surface area contributed by atoms with Gasteiger partial charge in [0.2, 0.25) is 0 Å². The van der Waals surface area contributed by atoms with Crippen molar-refractivity contribution in [2.75, 3.05) is 11.9 Å². The Bertz CT molecular complexity index is 559. The highest BCUT2D eigenvalue weighted by atomic mass is 32.2. The van der Waals surface area contributed by atoms with Gasteiger partial charge in [0.1, 0.15) is 10.8 Å². The van der Waals surface area contributed by atoms with Gasteiger partial charge < -0.3 is 10.0 Å². The highest BCUT2D eigenvalue weighted by Crippen LogP contribution is 2.45. The summed E-state index contributed by atoms with van der Waals surface area (Å²) in [5.41, 5.74) is 1.04. The molecule has 0 saturated heterocycles. The maximum atomic E-state index is 9.45. The first-order valence-corrected chi connectivity index (χ1v) is 5.63. The Morgan fingerprint density at radius 1 is 1.25 bits per heavy atom. The van der Waals surface area contributed by atoms with Gasteiger partial charge in [0.05, 0.1) is 5.69 Å². The Kier molecular flexibility index (Phi) is 2.00. The molecule has 80 valence electrons. The molecular formula is C11H9N3OS. The lowest BCUT2D eigenvalue weighted by Crippen LogP contribution is -2.16. The summed E-state index contributed by atoms with van der Waals surface area (Å²) >= 11 is 1.53. The van der Waals surface area contributed by atoms with Gasteiger partial charge >= 0.3 is 0 Å².